The molecule has 1 aromatic heterocycles. The molecule has 144 valence electrons. The van der Waals surface area contributed by atoms with E-state index in [9.17, 15) is 14.9 Å². The van der Waals surface area contributed by atoms with Crippen molar-refractivity contribution in [2.24, 2.45) is 0 Å². The number of furan rings is 1. The zero-order chi connectivity index (χ0) is 20.1. The summed E-state index contributed by atoms with van der Waals surface area (Å²) in [4.78, 5) is 24.5. The summed E-state index contributed by atoms with van der Waals surface area (Å²) in [6.07, 6.45) is 1.59. The Bertz CT molecular complexity index is 961. The molecule has 0 saturated carbocycles. The Kier molecular flexibility index (Phi) is 6.08. The lowest BCUT2D eigenvalue weighted by Gasteiger charge is -2.24. The zero-order valence-electron chi connectivity index (χ0n) is 15.1. The van der Waals surface area contributed by atoms with E-state index in [0.717, 1.165) is 16.2 Å². The molecular formula is C20H19ClN3O4+. The summed E-state index contributed by atoms with van der Waals surface area (Å²) in [5, 5.41) is 13.9. The van der Waals surface area contributed by atoms with Crippen molar-refractivity contribution in [1.82, 2.24) is 0 Å². The fraction of sp³-hybridized carbons (Fsp3) is 0.150. The number of carbonyl (C=O) groups excluding carboxylic acids is 1. The Morgan fingerprint density at radius 1 is 1.21 bits per heavy atom. The Morgan fingerprint density at radius 2 is 1.96 bits per heavy atom. The van der Waals surface area contributed by atoms with Crippen LogP contribution in [0.3, 0.4) is 0 Å². The number of nitro groups is 1. The molecule has 0 fully saturated rings. The van der Waals surface area contributed by atoms with Gasteiger partial charge in [-0.2, -0.15) is 0 Å². The second-order valence-corrected chi connectivity index (χ2v) is 6.77. The third-order valence-electron chi connectivity index (χ3n) is 4.33. The minimum Gasteiger partial charge on any atom is -0.463 e. The molecule has 2 N–H and O–H groups in total. The molecule has 0 bridgehead atoms. The van der Waals surface area contributed by atoms with Gasteiger partial charge in [0.1, 0.15) is 11.6 Å². The van der Waals surface area contributed by atoms with Gasteiger partial charge < -0.3 is 14.6 Å². The van der Waals surface area contributed by atoms with Crippen LogP contribution in [-0.2, 0) is 11.3 Å². The van der Waals surface area contributed by atoms with E-state index in [1.165, 1.54) is 18.2 Å². The summed E-state index contributed by atoms with van der Waals surface area (Å²) in [6, 6.07) is 16.7. The van der Waals surface area contributed by atoms with Crippen molar-refractivity contribution in [3.63, 3.8) is 0 Å². The first-order valence-corrected chi connectivity index (χ1v) is 8.98. The number of likely N-dealkylation sites (N-methyl/N-ethyl adjacent to an activating group) is 1. The molecule has 1 heterocycles. The predicted molar refractivity (Wildman–Crippen MR) is 105 cm³/mol. The second-order valence-electron chi connectivity index (χ2n) is 6.36. The molecule has 2 atom stereocenters. The van der Waals surface area contributed by atoms with E-state index in [1.54, 1.807) is 12.3 Å². The van der Waals surface area contributed by atoms with Gasteiger partial charge in [0.05, 0.1) is 18.2 Å². The lowest BCUT2D eigenvalue weighted by Crippen LogP contribution is -3.09. The summed E-state index contributed by atoms with van der Waals surface area (Å²) in [6.45, 7) is 0.501. The van der Waals surface area contributed by atoms with Gasteiger partial charge in [-0.15, -0.1) is 0 Å². The van der Waals surface area contributed by atoms with E-state index in [4.69, 9.17) is 16.0 Å². The van der Waals surface area contributed by atoms with Gasteiger partial charge in [-0.05, 0) is 24.3 Å². The normalized spacial score (nSPS) is 12.9. The lowest BCUT2D eigenvalue weighted by molar-refractivity contribution is -0.916. The Balaban J connectivity index is 1.86. The van der Waals surface area contributed by atoms with Gasteiger partial charge in [0.2, 0.25) is 0 Å². The fourth-order valence-corrected chi connectivity index (χ4v) is 3.23. The van der Waals surface area contributed by atoms with E-state index in [-0.39, 0.29) is 16.6 Å². The van der Waals surface area contributed by atoms with Crippen molar-refractivity contribution in [3.8, 4) is 0 Å². The monoisotopic (exact) mass is 400 g/mol. The number of carbonyl (C=O) groups is 1. The van der Waals surface area contributed by atoms with Gasteiger partial charge in [0.15, 0.2) is 11.8 Å². The third-order valence-corrected chi connectivity index (χ3v) is 4.65. The maximum Gasteiger partial charge on any atom is 0.289 e. The van der Waals surface area contributed by atoms with Gasteiger partial charge >= 0.3 is 0 Å². The standard InChI is InChI=1S/C20H18ClN3O4/c1-23(13-16-8-5-11-28-16)19(14-6-3-2-4-7-14)20(25)22-15-9-10-17(21)18(12-15)24(26)27/h2-12,19H,13H2,1H3,(H,22,25)/p+1/t19-/m1/s1. The quantitative estimate of drug-likeness (QED) is 0.470. The number of amides is 1. The summed E-state index contributed by atoms with van der Waals surface area (Å²) in [7, 11) is 1.89. The van der Waals surface area contributed by atoms with Crippen LogP contribution in [-0.4, -0.2) is 17.9 Å². The zero-order valence-corrected chi connectivity index (χ0v) is 15.8. The molecule has 2 aromatic carbocycles. The van der Waals surface area contributed by atoms with Crippen LogP contribution in [0.25, 0.3) is 0 Å². The van der Waals surface area contributed by atoms with E-state index in [2.05, 4.69) is 5.32 Å². The molecule has 28 heavy (non-hydrogen) atoms. The minimum absolute atomic E-state index is 0.0168. The molecule has 0 radical (unpaired) electrons. The van der Waals surface area contributed by atoms with Crippen LogP contribution in [0.15, 0.2) is 71.3 Å². The van der Waals surface area contributed by atoms with Crippen LogP contribution in [0.5, 0.6) is 0 Å². The first-order chi connectivity index (χ1) is 13.5. The van der Waals surface area contributed by atoms with Crippen molar-refractivity contribution >= 4 is 28.9 Å². The van der Waals surface area contributed by atoms with Crippen molar-refractivity contribution in [3.05, 3.63) is 93.4 Å². The number of nitro benzene ring substituents is 1. The third kappa shape index (κ3) is 4.57. The first-order valence-electron chi connectivity index (χ1n) is 8.60. The highest BCUT2D eigenvalue weighted by Crippen LogP contribution is 2.27. The highest BCUT2D eigenvalue weighted by Gasteiger charge is 2.30. The molecule has 0 saturated heterocycles. The number of hydrogen-bond donors (Lipinski definition) is 2. The molecular weight excluding hydrogens is 382 g/mol. The second kappa shape index (κ2) is 8.69. The van der Waals surface area contributed by atoms with Gasteiger partial charge in [0.25, 0.3) is 11.6 Å². The van der Waals surface area contributed by atoms with E-state index in [1.807, 2.05) is 43.4 Å². The summed E-state index contributed by atoms with van der Waals surface area (Å²) < 4.78 is 5.40. The lowest BCUT2D eigenvalue weighted by atomic mass is 10.0. The van der Waals surface area contributed by atoms with Crippen LogP contribution >= 0.6 is 11.6 Å². The number of nitrogens with zero attached hydrogens (tertiary/aromatic N) is 1. The average Bonchev–Trinajstić information content (AvgIpc) is 3.17. The number of nitrogens with one attached hydrogen (secondary N) is 2. The summed E-state index contributed by atoms with van der Waals surface area (Å²) in [5.41, 5.74) is 0.882. The Hall–Kier alpha value is -3.16. The van der Waals surface area contributed by atoms with E-state index >= 15 is 0 Å². The number of benzene rings is 2. The molecule has 0 spiro atoms. The number of rotatable bonds is 7. The van der Waals surface area contributed by atoms with Gasteiger partial charge in [-0.25, -0.2) is 0 Å². The van der Waals surface area contributed by atoms with Crippen molar-refractivity contribution in [1.29, 1.82) is 0 Å². The van der Waals surface area contributed by atoms with Crippen LogP contribution in [0.4, 0.5) is 11.4 Å². The first kappa shape index (κ1) is 19.6. The Morgan fingerprint density at radius 3 is 2.61 bits per heavy atom. The van der Waals surface area contributed by atoms with Crippen molar-refractivity contribution in [2.75, 3.05) is 12.4 Å². The minimum atomic E-state index is -0.582. The number of quaternary nitrogens is 1. The SMILES string of the molecule is C[NH+](Cc1ccco1)[C@@H](C(=O)Nc1ccc(Cl)c([N+](=O)[O-])c1)c1ccccc1. The highest BCUT2D eigenvalue weighted by atomic mass is 35.5. The predicted octanol–water partition coefficient (Wildman–Crippen LogP) is 3.24. The molecule has 1 unspecified atom stereocenters. The smallest absolute Gasteiger partial charge is 0.289 e. The van der Waals surface area contributed by atoms with Crippen molar-refractivity contribution < 1.29 is 19.0 Å². The summed E-state index contributed by atoms with van der Waals surface area (Å²) >= 11 is 5.85. The molecule has 0 aliphatic rings. The Labute approximate surface area is 166 Å². The topological polar surface area (TPSA) is 89.8 Å². The molecule has 8 heteroatoms. The molecule has 3 aromatic rings. The maximum absolute atomic E-state index is 13.1. The van der Waals surface area contributed by atoms with Crippen LogP contribution in [0.1, 0.15) is 17.4 Å². The van der Waals surface area contributed by atoms with Crippen LogP contribution in [0.2, 0.25) is 5.02 Å². The number of hydrogen-bond acceptors (Lipinski definition) is 4. The molecule has 7 nitrogen and oxygen atoms in total. The van der Waals surface area contributed by atoms with Gasteiger partial charge in [-0.3, -0.25) is 14.9 Å². The molecule has 0 aliphatic carbocycles. The van der Waals surface area contributed by atoms with E-state index < -0.39 is 11.0 Å². The largest absolute Gasteiger partial charge is 0.463 e. The maximum atomic E-state index is 13.1. The molecule has 0 aliphatic heterocycles. The fourth-order valence-electron chi connectivity index (χ4n) is 3.04. The van der Waals surface area contributed by atoms with Gasteiger partial charge in [0, 0.05) is 17.3 Å². The number of anilines is 1. The molecule has 3 rings (SSSR count). The molecule has 1 amide bonds. The average molecular weight is 401 g/mol. The van der Waals surface area contributed by atoms with Crippen LogP contribution < -0.4 is 10.2 Å². The summed E-state index contributed by atoms with van der Waals surface area (Å²) in [5.74, 6) is 0.472. The van der Waals surface area contributed by atoms with Gasteiger partial charge in [-0.1, -0.05) is 41.9 Å². The number of halogens is 1. The van der Waals surface area contributed by atoms with Crippen molar-refractivity contribution in [2.45, 2.75) is 12.6 Å². The van der Waals surface area contributed by atoms with Crippen LogP contribution in [0, 0.1) is 10.1 Å². The van der Waals surface area contributed by atoms with E-state index in [0.29, 0.717) is 12.2 Å². The highest BCUT2D eigenvalue weighted by molar-refractivity contribution is 6.32.